The van der Waals surface area contributed by atoms with Gasteiger partial charge >= 0.3 is 0 Å². The largest absolute Gasteiger partial charge is 0.350 e. The van der Waals surface area contributed by atoms with Crippen LogP contribution >= 0.6 is 0 Å². The quantitative estimate of drug-likeness (QED) is 0.881. The number of carbonyl (C=O) groups excluding carboxylic acids is 1. The van der Waals surface area contributed by atoms with Crippen LogP contribution in [0.15, 0.2) is 42.7 Å². The molecule has 1 fully saturated rings. The van der Waals surface area contributed by atoms with Gasteiger partial charge in [0.2, 0.25) is 5.91 Å². The van der Waals surface area contributed by atoms with Crippen molar-refractivity contribution in [3.05, 3.63) is 48.3 Å². The molecule has 0 atom stereocenters. The Kier molecular flexibility index (Phi) is 3.28. The normalized spacial score (nSPS) is 16.4. The van der Waals surface area contributed by atoms with Crippen molar-refractivity contribution >= 4 is 5.91 Å². The average molecular weight is 270 g/mol. The first-order valence-corrected chi connectivity index (χ1v) is 6.84. The van der Waals surface area contributed by atoms with E-state index in [1.807, 2.05) is 36.5 Å². The van der Waals surface area contributed by atoms with Crippen LogP contribution in [0.25, 0.3) is 5.69 Å². The Labute approximate surface area is 117 Å². The smallest absolute Gasteiger partial charge is 0.240 e. The molecule has 0 unspecified atom stereocenters. The molecule has 1 amide bonds. The minimum Gasteiger partial charge on any atom is -0.350 e. The summed E-state index contributed by atoms with van der Waals surface area (Å²) in [5.41, 5.74) is 7.29. The molecule has 0 spiro atoms. The maximum Gasteiger partial charge on any atom is 0.240 e. The number of benzene rings is 1. The zero-order chi connectivity index (χ0) is 14.0. The lowest BCUT2D eigenvalue weighted by molar-refractivity contribution is -0.129. The lowest BCUT2D eigenvalue weighted by Gasteiger charge is -2.36. The lowest BCUT2D eigenvalue weighted by Crippen LogP contribution is -2.58. The second kappa shape index (κ2) is 5.09. The molecule has 1 heterocycles. The number of rotatable bonds is 4. The Balaban J connectivity index is 1.62. The van der Waals surface area contributed by atoms with Crippen molar-refractivity contribution in [1.29, 1.82) is 0 Å². The highest BCUT2D eigenvalue weighted by atomic mass is 16.2. The van der Waals surface area contributed by atoms with Gasteiger partial charge in [-0.1, -0.05) is 18.2 Å². The molecule has 0 bridgehead atoms. The predicted octanol–water partition coefficient (Wildman–Crippen LogP) is 1.37. The van der Waals surface area contributed by atoms with E-state index >= 15 is 0 Å². The third-order valence-electron chi connectivity index (χ3n) is 3.81. The number of nitrogens with one attached hydrogen (secondary N) is 1. The molecule has 0 aliphatic heterocycles. The van der Waals surface area contributed by atoms with Crippen molar-refractivity contribution in [2.75, 3.05) is 0 Å². The van der Waals surface area contributed by atoms with Crippen LogP contribution in [0.2, 0.25) is 0 Å². The topological polar surface area (TPSA) is 72.9 Å². The molecule has 20 heavy (non-hydrogen) atoms. The van der Waals surface area contributed by atoms with Gasteiger partial charge in [0, 0.05) is 18.3 Å². The molecule has 1 aromatic heterocycles. The van der Waals surface area contributed by atoms with Gasteiger partial charge in [-0.15, -0.1) is 0 Å². The maximum absolute atomic E-state index is 11.9. The van der Waals surface area contributed by atoms with Crippen LogP contribution in [0.3, 0.4) is 0 Å². The Morgan fingerprint density at radius 2 is 2.10 bits per heavy atom. The van der Waals surface area contributed by atoms with Crippen molar-refractivity contribution in [3.63, 3.8) is 0 Å². The molecule has 1 saturated carbocycles. The highest BCUT2D eigenvalue weighted by molar-refractivity contribution is 5.86. The number of para-hydroxylation sites is 1. The molecule has 104 valence electrons. The predicted molar refractivity (Wildman–Crippen MR) is 76.2 cm³/mol. The first kappa shape index (κ1) is 12.9. The molecular weight excluding hydrogens is 252 g/mol. The Hall–Kier alpha value is -2.14. The summed E-state index contributed by atoms with van der Waals surface area (Å²) in [4.78, 5) is 11.9. The fourth-order valence-corrected chi connectivity index (χ4v) is 2.32. The molecule has 0 saturated heterocycles. The molecule has 5 nitrogen and oxygen atoms in total. The lowest BCUT2D eigenvalue weighted by atomic mass is 9.77. The van der Waals surface area contributed by atoms with Crippen LogP contribution in [0.5, 0.6) is 0 Å². The van der Waals surface area contributed by atoms with Crippen LogP contribution in [0.1, 0.15) is 24.8 Å². The summed E-state index contributed by atoms with van der Waals surface area (Å²) in [5.74, 6) is -0.0591. The van der Waals surface area contributed by atoms with E-state index < -0.39 is 5.54 Å². The van der Waals surface area contributed by atoms with E-state index in [-0.39, 0.29) is 5.91 Å². The number of hydrogen-bond donors (Lipinski definition) is 2. The number of hydrogen-bond acceptors (Lipinski definition) is 3. The fraction of sp³-hybridized carbons (Fsp3) is 0.333. The molecular formula is C15H18N4O. The van der Waals surface area contributed by atoms with Gasteiger partial charge in [-0.25, -0.2) is 4.68 Å². The zero-order valence-electron chi connectivity index (χ0n) is 11.2. The van der Waals surface area contributed by atoms with Gasteiger partial charge in [-0.3, -0.25) is 4.79 Å². The van der Waals surface area contributed by atoms with Gasteiger partial charge in [0.1, 0.15) is 0 Å². The summed E-state index contributed by atoms with van der Waals surface area (Å²) in [5, 5.41) is 7.18. The first-order valence-electron chi connectivity index (χ1n) is 6.84. The molecule has 1 aliphatic rings. The zero-order valence-corrected chi connectivity index (χ0v) is 11.2. The van der Waals surface area contributed by atoms with Gasteiger partial charge in [-0.05, 0) is 31.4 Å². The Morgan fingerprint density at radius 3 is 2.75 bits per heavy atom. The van der Waals surface area contributed by atoms with Crippen molar-refractivity contribution < 1.29 is 4.79 Å². The third-order valence-corrected chi connectivity index (χ3v) is 3.81. The minimum atomic E-state index is -0.643. The van der Waals surface area contributed by atoms with Crippen LogP contribution in [-0.4, -0.2) is 21.2 Å². The van der Waals surface area contributed by atoms with E-state index in [1.54, 1.807) is 10.9 Å². The summed E-state index contributed by atoms with van der Waals surface area (Å²) < 4.78 is 1.79. The van der Waals surface area contributed by atoms with E-state index in [9.17, 15) is 4.79 Å². The molecule has 1 aliphatic carbocycles. The van der Waals surface area contributed by atoms with Gasteiger partial charge in [0.05, 0.1) is 17.4 Å². The number of carbonyl (C=O) groups is 1. The van der Waals surface area contributed by atoms with E-state index in [0.29, 0.717) is 6.54 Å². The minimum absolute atomic E-state index is 0.0591. The molecule has 5 heteroatoms. The Bertz CT molecular complexity index is 601. The highest BCUT2D eigenvalue weighted by Gasteiger charge is 2.39. The number of aromatic nitrogens is 2. The fourth-order valence-electron chi connectivity index (χ4n) is 2.32. The molecule has 3 N–H and O–H groups in total. The highest BCUT2D eigenvalue weighted by Crippen LogP contribution is 2.29. The summed E-state index contributed by atoms with van der Waals surface area (Å²) in [6.45, 7) is 0.463. The van der Waals surface area contributed by atoms with Crippen LogP contribution in [0.4, 0.5) is 0 Å². The summed E-state index contributed by atoms with van der Waals surface area (Å²) in [6, 6.07) is 9.87. The molecule has 1 aromatic carbocycles. The average Bonchev–Trinajstić information content (AvgIpc) is 2.92. The standard InChI is InChI=1S/C15H18N4O/c16-15(7-4-8-15)14(20)17-9-12-10-18-19(11-12)13-5-2-1-3-6-13/h1-3,5-6,10-11H,4,7-9,16H2,(H,17,20). The van der Waals surface area contributed by atoms with E-state index in [1.165, 1.54) is 0 Å². The van der Waals surface area contributed by atoms with Crippen molar-refractivity contribution in [2.24, 2.45) is 5.73 Å². The van der Waals surface area contributed by atoms with Crippen LogP contribution in [-0.2, 0) is 11.3 Å². The van der Waals surface area contributed by atoms with E-state index in [4.69, 9.17) is 5.73 Å². The summed E-state index contributed by atoms with van der Waals surface area (Å²) >= 11 is 0. The molecule has 0 radical (unpaired) electrons. The van der Waals surface area contributed by atoms with E-state index in [2.05, 4.69) is 10.4 Å². The maximum atomic E-state index is 11.9. The Morgan fingerprint density at radius 1 is 1.35 bits per heavy atom. The van der Waals surface area contributed by atoms with Crippen molar-refractivity contribution in [1.82, 2.24) is 15.1 Å². The second-order valence-electron chi connectivity index (χ2n) is 5.32. The number of nitrogens with zero attached hydrogens (tertiary/aromatic N) is 2. The van der Waals surface area contributed by atoms with Gasteiger partial charge < -0.3 is 11.1 Å². The van der Waals surface area contributed by atoms with Crippen molar-refractivity contribution in [3.8, 4) is 5.69 Å². The summed E-state index contributed by atoms with van der Waals surface area (Å²) in [7, 11) is 0. The number of nitrogens with two attached hydrogens (primary N) is 1. The van der Waals surface area contributed by atoms with Crippen LogP contribution in [0, 0.1) is 0 Å². The second-order valence-corrected chi connectivity index (χ2v) is 5.32. The van der Waals surface area contributed by atoms with Gasteiger partial charge in [0.25, 0.3) is 0 Å². The van der Waals surface area contributed by atoms with Crippen LogP contribution < -0.4 is 11.1 Å². The summed E-state index contributed by atoms with van der Waals surface area (Å²) in [6.07, 6.45) is 6.27. The van der Waals surface area contributed by atoms with E-state index in [0.717, 1.165) is 30.5 Å². The van der Waals surface area contributed by atoms with Gasteiger partial charge in [-0.2, -0.15) is 5.10 Å². The van der Waals surface area contributed by atoms with Crippen molar-refractivity contribution in [2.45, 2.75) is 31.3 Å². The third kappa shape index (κ3) is 2.44. The SMILES string of the molecule is NC1(C(=O)NCc2cnn(-c3ccccc3)c2)CCC1. The van der Waals surface area contributed by atoms with Gasteiger partial charge in [0.15, 0.2) is 0 Å². The molecule has 3 rings (SSSR count). The monoisotopic (exact) mass is 270 g/mol. The number of amides is 1. The first-order chi connectivity index (χ1) is 9.67. The molecule has 2 aromatic rings.